The van der Waals surface area contributed by atoms with E-state index in [2.05, 4.69) is 35.2 Å². The highest BCUT2D eigenvalue weighted by atomic mass is 127. The Balaban J connectivity index is 2.27. The van der Waals surface area contributed by atoms with Gasteiger partial charge in [-0.25, -0.2) is 9.18 Å². The molecule has 0 aliphatic carbocycles. The number of thiol groups is 1. The molecule has 1 aliphatic heterocycles. The predicted molar refractivity (Wildman–Crippen MR) is 101 cm³/mol. The topological polar surface area (TPSA) is 55.6 Å². The normalized spacial score (nSPS) is 26.2. The van der Waals surface area contributed by atoms with Gasteiger partial charge >= 0.3 is 6.09 Å². The van der Waals surface area contributed by atoms with E-state index in [1.807, 2.05) is 20.8 Å². The molecule has 3 unspecified atom stereocenters. The fourth-order valence-corrected chi connectivity index (χ4v) is 3.61. The molecule has 3 atom stereocenters. The zero-order valence-corrected chi connectivity index (χ0v) is 16.5. The van der Waals surface area contributed by atoms with E-state index < -0.39 is 11.1 Å². The molecule has 23 heavy (non-hydrogen) atoms. The molecule has 7 heteroatoms. The summed E-state index contributed by atoms with van der Waals surface area (Å²) in [5.74, 6) is -0.426. The summed E-state index contributed by atoms with van der Waals surface area (Å²) in [5, 5.41) is 0. The van der Waals surface area contributed by atoms with Crippen LogP contribution in [0.5, 0.6) is 0 Å². The van der Waals surface area contributed by atoms with E-state index in [9.17, 15) is 9.18 Å². The molecule has 1 saturated heterocycles. The van der Waals surface area contributed by atoms with Crippen LogP contribution in [-0.4, -0.2) is 38.5 Å². The largest absolute Gasteiger partial charge is 0.444 e. The number of nitrogens with two attached hydrogens (primary N) is 1. The molecule has 1 aliphatic rings. The van der Waals surface area contributed by atoms with E-state index in [0.29, 0.717) is 13.1 Å². The van der Waals surface area contributed by atoms with Crippen LogP contribution in [0.15, 0.2) is 24.3 Å². The van der Waals surface area contributed by atoms with Gasteiger partial charge in [-0.2, -0.15) is 12.6 Å². The quantitative estimate of drug-likeness (QED) is 0.410. The Kier molecular flexibility index (Phi) is 5.52. The maximum Gasteiger partial charge on any atom is 0.410 e. The first-order chi connectivity index (χ1) is 10.5. The van der Waals surface area contributed by atoms with Gasteiger partial charge in [0, 0.05) is 19.0 Å². The number of halogens is 2. The lowest BCUT2D eigenvalue weighted by molar-refractivity contribution is 0.0285. The summed E-state index contributed by atoms with van der Waals surface area (Å²) in [4.78, 5) is 14.0. The standard InChI is InChI=1S/C16H22FIN2O2S/c1-15(2,3)22-14(21)20-8-12(16(19,9-20)13(18)23)10-4-6-11(17)7-5-10/h4-7,12-13,23H,8-9,19H2,1-3H3. The maximum atomic E-state index is 13.2. The van der Waals surface area contributed by atoms with Gasteiger partial charge in [0.05, 0.1) is 8.80 Å². The van der Waals surface area contributed by atoms with Crippen LogP contribution in [0.25, 0.3) is 0 Å². The van der Waals surface area contributed by atoms with Gasteiger partial charge in [0.2, 0.25) is 0 Å². The number of benzene rings is 1. The highest BCUT2D eigenvalue weighted by Crippen LogP contribution is 2.41. The van der Waals surface area contributed by atoms with Crippen molar-refractivity contribution in [2.24, 2.45) is 5.73 Å². The minimum absolute atomic E-state index is 0.130. The molecule has 1 amide bonds. The highest BCUT2D eigenvalue weighted by molar-refractivity contribution is 14.1. The summed E-state index contributed by atoms with van der Waals surface area (Å²) in [5.41, 5.74) is 6.21. The second kappa shape index (κ2) is 6.76. The first-order valence-electron chi connectivity index (χ1n) is 7.37. The average Bonchev–Trinajstić information content (AvgIpc) is 2.77. The Hall–Kier alpha value is -0.540. The van der Waals surface area contributed by atoms with Gasteiger partial charge in [-0.1, -0.05) is 34.7 Å². The van der Waals surface area contributed by atoms with E-state index in [0.717, 1.165) is 5.56 Å². The Morgan fingerprint density at radius 2 is 2.04 bits per heavy atom. The van der Waals surface area contributed by atoms with Crippen LogP contribution in [-0.2, 0) is 4.74 Å². The number of ether oxygens (including phenoxy) is 1. The monoisotopic (exact) mass is 452 g/mol. The van der Waals surface area contributed by atoms with Crippen molar-refractivity contribution in [2.45, 2.75) is 41.1 Å². The molecular weight excluding hydrogens is 430 g/mol. The van der Waals surface area contributed by atoms with Crippen molar-refractivity contribution in [3.05, 3.63) is 35.6 Å². The lowest BCUT2D eigenvalue weighted by Gasteiger charge is -2.32. The van der Waals surface area contributed by atoms with Gasteiger partial charge in [0.25, 0.3) is 0 Å². The predicted octanol–water partition coefficient (Wildman–Crippen LogP) is 3.55. The van der Waals surface area contributed by atoms with Crippen molar-refractivity contribution in [2.75, 3.05) is 13.1 Å². The second-order valence-electron chi connectivity index (χ2n) is 6.91. The fraction of sp³-hybridized carbons (Fsp3) is 0.562. The van der Waals surface area contributed by atoms with Crippen molar-refractivity contribution in [1.82, 2.24) is 4.90 Å². The third-order valence-electron chi connectivity index (χ3n) is 3.88. The molecule has 0 radical (unpaired) electrons. The molecule has 0 saturated carbocycles. The summed E-state index contributed by atoms with van der Waals surface area (Å²) >= 11 is 6.67. The van der Waals surface area contributed by atoms with Gasteiger partial charge in [-0.05, 0) is 38.5 Å². The molecule has 4 nitrogen and oxygen atoms in total. The number of likely N-dealkylation sites (tertiary alicyclic amines) is 1. The number of carbonyl (C=O) groups excluding carboxylic acids is 1. The van der Waals surface area contributed by atoms with Crippen molar-refractivity contribution < 1.29 is 13.9 Å². The molecule has 0 bridgehead atoms. The minimum atomic E-state index is -0.710. The molecule has 1 aromatic carbocycles. The lowest BCUT2D eigenvalue weighted by atomic mass is 9.84. The summed E-state index contributed by atoms with van der Waals surface area (Å²) < 4.78 is 18.5. The summed E-state index contributed by atoms with van der Waals surface area (Å²) in [7, 11) is 0. The number of alkyl halides is 1. The maximum absolute atomic E-state index is 13.2. The zero-order valence-electron chi connectivity index (χ0n) is 13.4. The van der Waals surface area contributed by atoms with Gasteiger partial charge in [0.1, 0.15) is 11.4 Å². The second-order valence-corrected chi connectivity index (χ2v) is 9.66. The van der Waals surface area contributed by atoms with Gasteiger partial charge in [-0.3, -0.25) is 0 Å². The number of hydrogen-bond acceptors (Lipinski definition) is 4. The van der Waals surface area contributed by atoms with Crippen molar-refractivity contribution in [3.8, 4) is 0 Å². The molecule has 1 aromatic rings. The SMILES string of the molecule is CC(C)(C)OC(=O)N1CC(c2ccc(F)cc2)C(N)(C(S)I)C1. The molecule has 128 valence electrons. The molecule has 0 spiro atoms. The number of amides is 1. The fourth-order valence-electron chi connectivity index (χ4n) is 2.71. The number of nitrogens with zero attached hydrogens (tertiary/aromatic N) is 1. The van der Waals surface area contributed by atoms with Gasteiger partial charge < -0.3 is 15.4 Å². The van der Waals surface area contributed by atoms with E-state index in [1.165, 1.54) is 12.1 Å². The molecule has 0 aromatic heterocycles. The van der Waals surface area contributed by atoms with Gasteiger partial charge in [0.15, 0.2) is 0 Å². The van der Waals surface area contributed by atoms with Crippen molar-refractivity contribution in [3.63, 3.8) is 0 Å². The van der Waals surface area contributed by atoms with Crippen LogP contribution in [0.3, 0.4) is 0 Å². The van der Waals surface area contributed by atoms with Gasteiger partial charge in [-0.15, -0.1) is 0 Å². The Morgan fingerprint density at radius 3 is 2.52 bits per heavy atom. The summed E-state index contributed by atoms with van der Waals surface area (Å²) in [6, 6.07) is 6.25. The Labute approximate surface area is 155 Å². The van der Waals surface area contributed by atoms with Crippen molar-refractivity contribution >= 4 is 41.3 Å². The van der Waals surface area contributed by atoms with E-state index in [4.69, 9.17) is 10.5 Å². The Morgan fingerprint density at radius 1 is 1.48 bits per heavy atom. The minimum Gasteiger partial charge on any atom is -0.444 e. The molecular formula is C16H22FIN2O2S. The van der Waals surface area contributed by atoms with E-state index in [1.54, 1.807) is 17.0 Å². The number of carbonyl (C=O) groups is 1. The highest BCUT2D eigenvalue weighted by Gasteiger charge is 2.50. The third kappa shape index (κ3) is 4.30. The van der Waals surface area contributed by atoms with Crippen LogP contribution in [0, 0.1) is 5.82 Å². The summed E-state index contributed by atoms with van der Waals surface area (Å²) in [6.45, 7) is 6.26. The van der Waals surface area contributed by atoms with E-state index in [-0.39, 0.29) is 21.1 Å². The lowest BCUT2D eigenvalue weighted by Crippen LogP contribution is -2.52. The summed E-state index contributed by atoms with van der Waals surface area (Å²) in [6.07, 6.45) is -0.387. The van der Waals surface area contributed by atoms with Crippen LogP contribution in [0.2, 0.25) is 0 Å². The first kappa shape index (κ1) is 18.8. The zero-order chi connectivity index (χ0) is 17.4. The van der Waals surface area contributed by atoms with E-state index >= 15 is 0 Å². The smallest absolute Gasteiger partial charge is 0.410 e. The Bertz CT molecular complexity index is 576. The van der Waals surface area contributed by atoms with Crippen LogP contribution >= 0.6 is 35.2 Å². The van der Waals surface area contributed by atoms with Crippen molar-refractivity contribution in [1.29, 1.82) is 0 Å². The van der Waals surface area contributed by atoms with Crippen LogP contribution < -0.4 is 5.73 Å². The average molecular weight is 452 g/mol. The third-order valence-corrected chi connectivity index (χ3v) is 5.52. The molecule has 1 heterocycles. The molecule has 1 fully saturated rings. The number of hydrogen-bond donors (Lipinski definition) is 2. The number of rotatable bonds is 2. The van der Waals surface area contributed by atoms with Crippen LogP contribution in [0.1, 0.15) is 32.3 Å². The molecule has 2 rings (SSSR count). The van der Waals surface area contributed by atoms with Crippen LogP contribution in [0.4, 0.5) is 9.18 Å². The first-order valence-corrected chi connectivity index (χ1v) is 9.13. The molecule has 2 N–H and O–H groups in total.